The third-order valence-corrected chi connectivity index (χ3v) is 4.24. The monoisotopic (exact) mass is 356 g/mol. The molecule has 1 aliphatic heterocycles. The van der Waals surface area contributed by atoms with Crippen molar-refractivity contribution in [3.8, 4) is 5.75 Å². The largest absolute Gasteiger partial charge is 0.486 e. The second kappa shape index (κ2) is 6.21. The van der Waals surface area contributed by atoms with Crippen molar-refractivity contribution in [2.45, 2.75) is 19.6 Å². The highest BCUT2D eigenvalue weighted by molar-refractivity contribution is 5.80. The summed E-state index contributed by atoms with van der Waals surface area (Å²) in [6, 6.07) is 9.87. The number of oxazole rings is 1. The van der Waals surface area contributed by atoms with Crippen LogP contribution in [0, 0.1) is 6.92 Å². The topological polar surface area (TPSA) is 94.9 Å². The highest BCUT2D eigenvalue weighted by Gasteiger charge is 2.33. The molecule has 1 fully saturated rings. The second-order valence-corrected chi connectivity index (χ2v) is 6.18. The number of fused-ring (bicyclic) bond motifs is 1. The molecule has 0 N–H and O–H groups in total. The van der Waals surface area contributed by atoms with E-state index in [-0.39, 0.29) is 18.6 Å². The molecule has 1 amide bonds. The Balaban J connectivity index is 1.39. The Hall–Kier alpha value is -3.29. The molecular weight excluding hydrogens is 340 g/mol. The first-order valence-electron chi connectivity index (χ1n) is 8.14. The number of hydrogen-bond acceptors (Lipinski definition) is 6. The highest BCUT2D eigenvalue weighted by Crippen LogP contribution is 2.19. The van der Waals surface area contributed by atoms with Crippen molar-refractivity contribution in [2.24, 2.45) is 0 Å². The molecule has 4 rings (SSSR count). The van der Waals surface area contributed by atoms with Crippen LogP contribution in [0.1, 0.15) is 5.76 Å². The molecule has 0 spiro atoms. The van der Waals surface area contributed by atoms with E-state index in [1.165, 1.54) is 10.6 Å². The van der Waals surface area contributed by atoms with Crippen molar-refractivity contribution in [3.63, 3.8) is 0 Å². The molecule has 0 bridgehead atoms. The molecule has 1 aromatic carbocycles. The lowest BCUT2D eigenvalue weighted by Gasteiger charge is -2.38. The fraction of sp³-hybridized carbons (Fsp3) is 0.278. The molecule has 0 unspecified atom stereocenters. The number of aromatic nitrogens is 1. The molecule has 1 saturated heterocycles. The van der Waals surface area contributed by atoms with Crippen molar-refractivity contribution in [1.82, 2.24) is 9.47 Å². The Bertz CT molecular complexity index is 1090. The molecule has 0 atom stereocenters. The maximum absolute atomic E-state index is 12.4. The van der Waals surface area contributed by atoms with Gasteiger partial charge < -0.3 is 18.5 Å². The van der Waals surface area contributed by atoms with E-state index in [0.717, 1.165) is 0 Å². The Labute approximate surface area is 147 Å². The van der Waals surface area contributed by atoms with E-state index in [4.69, 9.17) is 13.6 Å². The van der Waals surface area contributed by atoms with Gasteiger partial charge in [0.1, 0.15) is 24.2 Å². The zero-order chi connectivity index (χ0) is 18.3. The van der Waals surface area contributed by atoms with Gasteiger partial charge in [-0.1, -0.05) is 12.1 Å². The minimum atomic E-state index is -0.556. The van der Waals surface area contributed by atoms with Crippen LogP contribution in [-0.2, 0) is 11.3 Å². The third-order valence-electron chi connectivity index (χ3n) is 4.24. The minimum Gasteiger partial charge on any atom is -0.486 e. The second-order valence-electron chi connectivity index (χ2n) is 6.18. The number of aryl methyl sites for hydroxylation is 1. The quantitative estimate of drug-likeness (QED) is 0.696. The zero-order valence-electron chi connectivity index (χ0n) is 14.0. The van der Waals surface area contributed by atoms with Gasteiger partial charge in [-0.05, 0) is 19.1 Å². The Morgan fingerprint density at radius 3 is 2.73 bits per heavy atom. The zero-order valence-corrected chi connectivity index (χ0v) is 14.0. The molecule has 0 radical (unpaired) electrons. The van der Waals surface area contributed by atoms with Crippen molar-refractivity contribution in [2.75, 3.05) is 13.1 Å². The maximum atomic E-state index is 12.4. The number of carbonyl (C=O) groups excluding carboxylic acids is 1. The normalized spacial score (nSPS) is 14.4. The lowest BCUT2D eigenvalue weighted by molar-refractivity contribution is -0.140. The van der Waals surface area contributed by atoms with Crippen LogP contribution in [-0.4, -0.2) is 34.6 Å². The van der Waals surface area contributed by atoms with Gasteiger partial charge in [-0.3, -0.25) is 9.36 Å². The summed E-state index contributed by atoms with van der Waals surface area (Å²) in [7, 11) is 0. The number of ether oxygens (including phenoxy) is 1. The summed E-state index contributed by atoms with van der Waals surface area (Å²) in [5.74, 6) is 0.139. The van der Waals surface area contributed by atoms with Crippen LogP contribution in [0.3, 0.4) is 0 Å². The smallest absolute Gasteiger partial charge is 0.420 e. The molecule has 3 aromatic rings. The number of hydrogen-bond donors (Lipinski definition) is 0. The summed E-state index contributed by atoms with van der Waals surface area (Å²) in [6.45, 7) is 2.36. The highest BCUT2D eigenvalue weighted by atomic mass is 16.5. The van der Waals surface area contributed by atoms with Gasteiger partial charge >= 0.3 is 11.4 Å². The lowest BCUT2D eigenvalue weighted by Crippen LogP contribution is -2.57. The Morgan fingerprint density at radius 2 is 1.96 bits per heavy atom. The molecular formula is C18H16N2O6. The Kier molecular flexibility index (Phi) is 3.87. The maximum Gasteiger partial charge on any atom is 0.420 e. The van der Waals surface area contributed by atoms with Crippen LogP contribution in [0.5, 0.6) is 5.75 Å². The average molecular weight is 356 g/mol. The number of amides is 1. The van der Waals surface area contributed by atoms with Gasteiger partial charge in [0.2, 0.25) is 5.91 Å². The number of para-hydroxylation sites is 2. The van der Waals surface area contributed by atoms with E-state index in [1.807, 2.05) is 0 Å². The molecule has 1 aliphatic rings. The Morgan fingerprint density at radius 1 is 1.19 bits per heavy atom. The van der Waals surface area contributed by atoms with Crippen molar-refractivity contribution in [1.29, 1.82) is 0 Å². The number of nitrogens with zero attached hydrogens (tertiary/aromatic N) is 2. The number of rotatable bonds is 4. The van der Waals surface area contributed by atoms with Gasteiger partial charge in [0.25, 0.3) is 0 Å². The van der Waals surface area contributed by atoms with Crippen LogP contribution in [0.15, 0.2) is 54.8 Å². The van der Waals surface area contributed by atoms with Gasteiger partial charge in [-0.25, -0.2) is 9.59 Å². The van der Waals surface area contributed by atoms with E-state index < -0.39 is 11.4 Å². The fourth-order valence-electron chi connectivity index (χ4n) is 2.95. The van der Waals surface area contributed by atoms with E-state index in [1.54, 1.807) is 42.2 Å². The lowest BCUT2D eigenvalue weighted by atomic mass is 10.1. The number of likely N-dealkylation sites (tertiary alicyclic amines) is 1. The molecule has 8 heteroatoms. The fourth-order valence-corrected chi connectivity index (χ4v) is 2.95. The summed E-state index contributed by atoms with van der Waals surface area (Å²) < 4.78 is 17.0. The summed E-state index contributed by atoms with van der Waals surface area (Å²) in [5.41, 5.74) is 0.567. The van der Waals surface area contributed by atoms with Gasteiger partial charge in [0.05, 0.1) is 24.7 Å². The van der Waals surface area contributed by atoms with Crippen LogP contribution in [0.4, 0.5) is 0 Å². The first kappa shape index (κ1) is 16.2. The molecule has 3 heterocycles. The molecule has 2 aromatic heterocycles. The molecule has 8 nitrogen and oxygen atoms in total. The third kappa shape index (κ3) is 3.01. The summed E-state index contributed by atoms with van der Waals surface area (Å²) >= 11 is 0. The summed E-state index contributed by atoms with van der Waals surface area (Å²) in [6.07, 6.45) is -0.196. The molecule has 0 saturated carbocycles. The molecule has 134 valence electrons. The predicted molar refractivity (Wildman–Crippen MR) is 91.2 cm³/mol. The van der Waals surface area contributed by atoms with Crippen LogP contribution < -0.4 is 16.1 Å². The van der Waals surface area contributed by atoms with Gasteiger partial charge in [-0.2, -0.15) is 0 Å². The van der Waals surface area contributed by atoms with Crippen molar-refractivity contribution in [3.05, 3.63) is 63.1 Å². The van der Waals surface area contributed by atoms with Crippen molar-refractivity contribution >= 4 is 17.0 Å². The molecule has 0 aliphatic carbocycles. The van der Waals surface area contributed by atoms with E-state index >= 15 is 0 Å². The van der Waals surface area contributed by atoms with E-state index in [9.17, 15) is 14.4 Å². The molecule has 26 heavy (non-hydrogen) atoms. The van der Waals surface area contributed by atoms with Crippen molar-refractivity contribution < 1.29 is 18.4 Å². The van der Waals surface area contributed by atoms with Gasteiger partial charge in [-0.15, -0.1) is 0 Å². The standard InChI is InChI=1S/C18H16N2O6/c1-11-6-12(7-17(22)24-11)25-13-8-19(9-13)16(21)10-20-14-4-2-3-5-15(14)26-18(20)23/h2-7,13H,8-10H2,1H3. The first-order valence-corrected chi connectivity index (χ1v) is 8.14. The first-order chi connectivity index (χ1) is 12.5. The van der Waals surface area contributed by atoms with Crippen LogP contribution in [0.25, 0.3) is 11.1 Å². The van der Waals surface area contributed by atoms with Crippen LogP contribution in [0.2, 0.25) is 0 Å². The number of carbonyl (C=O) groups is 1. The van der Waals surface area contributed by atoms with Crippen LogP contribution >= 0.6 is 0 Å². The number of benzene rings is 1. The van der Waals surface area contributed by atoms with Gasteiger partial charge in [0.15, 0.2) is 5.58 Å². The average Bonchev–Trinajstić information content (AvgIpc) is 2.85. The van der Waals surface area contributed by atoms with Gasteiger partial charge in [0, 0.05) is 6.07 Å². The predicted octanol–water partition coefficient (Wildman–Crippen LogP) is 1.15. The summed E-state index contributed by atoms with van der Waals surface area (Å²) in [4.78, 5) is 37.3. The summed E-state index contributed by atoms with van der Waals surface area (Å²) in [5, 5.41) is 0. The minimum absolute atomic E-state index is 0.0867. The van der Waals surface area contributed by atoms with E-state index in [2.05, 4.69) is 0 Å². The SMILES string of the molecule is Cc1cc(OC2CN(C(=O)Cn3c(=O)oc4ccccc43)C2)cc(=O)o1. The van der Waals surface area contributed by atoms with E-state index in [0.29, 0.717) is 35.7 Å².